The van der Waals surface area contributed by atoms with Crippen molar-refractivity contribution < 1.29 is 28.6 Å². The second-order valence-corrected chi connectivity index (χ2v) is 9.31. The van der Waals surface area contributed by atoms with Crippen molar-refractivity contribution in [2.45, 2.75) is 43.0 Å². The first-order valence-corrected chi connectivity index (χ1v) is 12.8. The first-order valence-electron chi connectivity index (χ1n) is 10.4. The summed E-state index contributed by atoms with van der Waals surface area (Å²) in [6, 6.07) is -0.364. The van der Waals surface area contributed by atoms with Gasteiger partial charge in [-0.3, -0.25) is 0 Å². The monoisotopic (exact) mass is 542 g/mol. The Morgan fingerprint density at radius 3 is 2.11 bits per heavy atom. The Labute approximate surface area is 212 Å². The Morgan fingerprint density at radius 2 is 1.46 bits per heavy atom. The molecule has 0 bridgehead atoms. The summed E-state index contributed by atoms with van der Waals surface area (Å²) in [6.45, 7) is 7.71. The number of esters is 3. The molecule has 0 amide bonds. The zero-order valence-electron chi connectivity index (χ0n) is 19.2. The number of anilines is 1. The van der Waals surface area contributed by atoms with Gasteiger partial charge in [-0.1, -0.05) is 26.0 Å². The van der Waals surface area contributed by atoms with E-state index in [0.29, 0.717) is 14.2 Å². The minimum Gasteiger partial charge on any atom is -0.461 e. The largest absolute Gasteiger partial charge is 0.461 e. The smallest absolute Gasteiger partial charge is 0.362 e. The molecule has 14 nitrogen and oxygen atoms in total. The molecule has 0 aliphatic heterocycles. The van der Waals surface area contributed by atoms with Crippen LogP contribution in [0.4, 0.5) is 5.00 Å². The van der Waals surface area contributed by atoms with Crippen molar-refractivity contribution in [3.63, 3.8) is 0 Å². The molecule has 0 radical (unpaired) electrons. The van der Waals surface area contributed by atoms with E-state index in [0.717, 1.165) is 34.8 Å². The molecule has 1 atom stereocenters. The van der Waals surface area contributed by atoms with E-state index in [-0.39, 0.29) is 49.5 Å². The second-order valence-electron chi connectivity index (χ2n) is 6.54. The number of ether oxygens (including phenoxy) is 3. The maximum Gasteiger partial charge on any atom is 0.362 e. The van der Waals surface area contributed by atoms with Crippen LogP contribution in [0.1, 0.15) is 65.2 Å². The number of aromatic nitrogens is 7. The average molecular weight is 543 g/mol. The third-order valence-corrected chi connectivity index (χ3v) is 6.80. The van der Waals surface area contributed by atoms with Crippen molar-refractivity contribution in [1.82, 2.24) is 34.2 Å². The number of hydrogen-bond acceptors (Lipinski definition) is 16. The van der Waals surface area contributed by atoms with Crippen LogP contribution in [0.5, 0.6) is 0 Å². The molecule has 0 aromatic carbocycles. The van der Waals surface area contributed by atoms with E-state index < -0.39 is 17.9 Å². The molecule has 0 fully saturated rings. The van der Waals surface area contributed by atoms with Crippen LogP contribution in [0.2, 0.25) is 0 Å². The van der Waals surface area contributed by atoms with Gasteiger partial charge in [0, 0.05) is 18.1 Å². The highest BCUT2D eigenvalue weighted by molar-refractivity contribution is 8.01. The van der Waals surface area contributed by atoms with Crippen LogP contribution >= 0.6 is 34.8 Å². The zero-order chi connectivity index (χ0) is 25.4. The molecular formula is C18H22N8O6S3. The van der Waals surface area contributed by atoms with E-state index in [9.17, 15) is 14.4 Å². The number of carbonyl (C=O) groups is 3. The molecule has 3 aromatic heterocycles. The maximum atomic E-state index is 12.5. The van der Waals surface area contributed by atoms with Crippen LogP contribution in [-0.2, 0) is 14.2 Å². The summed E-state index contributed by atoms with van der Waals surface area (Å²) in [5.41, 5.74) is 0.0999. The van der Waals surface area contributed by atoms with Crippen molar-refractivity contribution >= 4 is 57.7 Å². The summed E-state index contributed by atoms with van der Waals surface area (Å²) in [6.07, 6.45) is 0. The third-order valence-electron chi connectivity index (χ3n) is 4.17. The predicted octanol–water partition coefficient (Wildman–Crippen LogP) is 2.34. The number of hydrogen-bond donors (Lipinski definition) is 1. The van der Waals surface area contributed by atoms with Gasteiger partial charge in [0.2, 0.25) is 11.4 Å². The molecule has 0 aliphatic carbocycles. The molecule has 17 heteroatoms. The van der Waals surface area contributed by atoms with E-state index in [1.54, 1.807) is 20.8 Å². The third kappa shape index (κ3) is 6.29. The lowest BCUT2D eigenvalue weighted by Gasteiger charge is -2.15. The normalized spacial score (nSPS) is 11.7. The lowest BCUT2D eigenvalue weighted by molar-refractivity contribution is 0.0506. The van der Waals surface area contributed by atoms with Gasteiger partial charge in [0.05, 0.1) is 25.9 Å². The van der Waals surface area contributed by atoms with Gasteiger partial charge in [-0.25, -0.2) is 19.1 Å². The van der Waals surface area contributed by atoms with Crippen LogP contribution < -0.4 is 5.32 Å². The summed E-state index contributed by atoms with van der Waals surface area (Å²) in [7, 11) is 0. The highest BCUT2D eigenvalue weighted by atomic mass is 32.2. The van der Waals surface area contributed by atoms with Crippen molar-refractivity contribution in [3.05, 3.63) is 17.1 Å². The maximum absolute atomic E-state index is 12.5. The van der Waals surface area contributed by atoms with Crippen LogP contribution in [0, 0.1) is 0 Å². The summed E-state index contributed by atoms with van der Waals surface area (Å²) >= 11 is 3.05. The number of rotatable bonds is 12. The molecule has 188 valence electrons. The molecule has 0 aliphatic rings. The van der Waals surface area contributed by atoms with E-state index >= 15 is 0 Å². The Hall–Kier alpha value is -3.18. The Kier molecular flexibility index (Phi) is 9.44. The molecule has 0 saturated heterocycles. The molecule has 3 rings (SSSR count). The fraction of sp³-hybridized carbons (Fsp3) is 0.500. The fourth-order valence-electron chi connectivity index (χ4n) is 2.62. The molecule has 0 spiro atoms. The predicted molar refractivity (Wildman–Crippen MR) is 125 cm³/mol. The van der Waals surface area contributed by atoms with Gasteiger partial charge in [-0.05, 0) is 39.2 Å². The first kappa shape index (κ1) is 26.4. The lowest BCUT2D eigenvalue weighted by atomic mass is 10.3. The standard InChI is InChI=1S/C18H22N8O6S3/c1-5-30-15(27)10-13(34-24-21-10)19-8-9(4)26-14(11(20-23-26)16(28)31-6-2)33-18-12(22-25-35-18)17(29)32-7-3/h9,19H,5-8H2,1-4H3. The summed E-state index contributed by atoms with van der Waals surface area (Å²) in [4.78, 5) is 36.8. The molecule has 1 N–H and O–H groups in total. The summed E-state index contributed by atoms with van der Waals surface area (Å²) in [5, 5.41) is 19.7. The van der Waals surface area contributed by atoms with E-state index in [2.05, 4.69) is 34.8 Å². The Balaban J connectivity index is 1.86. The van der Waals surface area contributed by atoms with Gasteiger partial charge >= 0.3 is 17.9 Å². The molecular weight excluding hydrogens is 520 g/mol. The second kappa shape index (κ2) is 12.5. The number of nitrogens with zero attached hydrogens (tertiary/aromatic N) is 7. The van der Waals surface area contributed by atoms with Gasteiger partial charge < -0.3 is 19.5 Å². The average Bonchev–Trinajstić information content (AvgIpc) is 3.58. The SMILES string of the molecule is CCOC(=O)c1nnsc1NCC(C)n1nnc(C(=O)OCC)c1Sc1snnc1C(=O)OCC. The van der Waals surface area contributed by atoms with Crippen molar-refractivity contribution in [1.29, 1.82) is 0 Å². The van der Waals surface area contributed by atoms with Crippen molar-refractivity contribution in [2.75, 3.05) is 31.7 Å². The van der Waals surface area contributed by atoms with E-state index in [4.69, 9.17) is 14.2 Å². The molecule has 3 heterocycles. The van der Waals surface area contributed by atoms with Crippen LogP contribution in [0.15, 0.2) is 9.24 Å². The van der Waals surface area contributed by atoms with E-state index in [1.807, 2.05) is 6.92 Å². The van der Waals surface area contributed by atoms with Crippen LogP contribution in [-0.4, -0.2) is 78.4 Å². The molecule has 1 unspecified atom stereocenters. The molecule has 0 saturated carbocycles. The van der Waals surface area contributed by atoms with Gasteiger partial charge in [0.25, 0.3) is 0 Å². The molecule has 3 aromatic rings. The fourth-order valence-corrected chi connectivity index (χ4v) is 5.01. The minimum absolute atomic E-state index is 0.0152. The van der Waals surface area contributed by atoms with Crippen LogP contribution in [0.25, 0.3) is 0 Å². The van der Waals surface area contributed by atoms with Gasteiger partial charge in [0.1, 0.15) is 14.2 Å². The van der Waals surface area contributed by atoms with Gasteiger partial charge in [-0.15, -0.1) is 15.3 Å². The topological polar surface area (TPSA) is 173 Å². The Morgan fingerprint density at radius 1 is 0.886 bits per heavy atom. The number of nitrogens with one attached hydrogen (secondary N) is 1. The molecule has 35 heavy (non-hydrogen) atoms. The van der Waals surface area contributed by atoms with Gasteiger partial charge in [0.15, 0.2) is 5.69 Å². The lowest BCUT2D eigenvalue weighted by Crippen LogP contribution is -2.19. The highest BCUT2D eigenvalue weighted by Crippen LogP contribution is 2.36. The Bertz CT molecular complexity index is 1180. The quantitative estimate of drug-likeness (QED) is 0.261. The van der Waals surface area contributed by atoms with Crippen molar-refractivity contribution in [3.8, 4) is 0 Å². The van der Waals surface area contributed by atoms with E-state index in [1.165, 1.54) is 4.68 Å². The summed E-state index contributed by atoms with van der Waals surface area (Å²) < 4.78 is 24.7. The van der Waals surface area contributed by atoms with Gasteiger partial charge in [-0.2, -0.15) is 0 Å². The number of carbonyl (C=O) groups excluding carboxylic acids is 3. The summed E-state index contributed by atoms with van der Waals surface area (Å²) in [5.74, 6) is -1.87. The van der Waals surface area contributed by atoms with Crippen LogP contribution in [0.3, 0.4) is 0 Å². The minimum atomic E-state index is -0.659. The highest BCUT2D eigenvalue weighted by Gasteiger charge is 2.28. The first-order chi connectivity index (χ1) is 16.9. The zero-order valence-corrected chi connectivity index (χ0v) is 21.7. The van der Waals surface area contributed by atoms with Crippen molar-refractivity contribution in [2.24, 2.45) is 0 Å².